The van der Waals surface area contributed by atoms with Gasteiger partial charge in [0.25, 0.3) is 0 Å². The van der Waals surface area contributed by atoms with Crippen molar-refractivity contribution in [2.45, 2.75) is 18.3 Å². The summed E-state index contributed by atoms with van der Waals surface area (Å²) >= 11 is 0. The minimum absolute atomic E-state index is 0.281. The van der Waals surface area contributed by atoms with E-state index in [9.17, 15) is 0 Å². The SMILES string of the molecule is [CH2]CCC1(c2ccccc2)COC1. The standard InChI is InChI=1S/C12H15O/c1-2-8-12(9-13-10-12)11-6-4-3-5-7-11/h3-7H,1-2,8-10H2. The van der Waals surface area contributed by atoms with Crippen LogP contribution in [0.1, 0.15) is 18.4 Å². The van der Waals surface area contributed by atoms with Crippen molar-refractivity contribution in [1.82, 2.24) is 0 Å². The number of ether oxygens (including phenoxy) is 1. The van der Waals surface area contributed by atoms with Gasteiger partial charge in [-0.15, -0.1) is 0 Å². The number of rotatable bonds is 3. The second-order valence-corrected chi connectivity index (χ2v) is 3.74. The molecular weight excluding hydrogens is 160 g/mol. The highest BCUT2D eigenvalue weighted by molar-refractivity contribution is 5.27. The molecule has 0 atom stereocenters. The quantitative estimate of drug-likeness (QED) is 0.686. The molecule has 0 aromatic heterocycles. The van der Waals surface area contributed by atoms with E-state index in [1.807, 2.05) is 0 Å². The Bertz CT molecular complexity index is 262. The molecule has 1 aromatic rings. The third-order valence-electron chi connectivity index (χ3n) is 2.80. The Morgan fingerprint density at radius 1 is 1.23 bits per heavy atom. The van der Waals surface area contributed by atoms with Gasteiger partial charge in [-0.25, -0.2) is 0 Å². The highest BCUT2D eigenvalue weighted by Gasteiger charge is 2.38. The molecule has 0 bridgehead atoms. The summed E-state index contributed by atoms with van der Waals surface area (Å²) in [4.78, 5) is 0. The van der Waals surface area contributed by atoms with Crippen molar-refractivity contribution >= 4 is 0 Å². The summed E-state index contributed by atoms with van der Waals surface area (Å²) in [6.45, 7) is 5.66. The maximum atomic E-state index is 5.32. The van der Waals surface area contributed by atoms with E-state index >= 15 is 0 Å². The van der Waals surface area contributed by atoms with Gasteiger partial charge >= 0.3 is 0 Å². The molecule has 1 radical (unpaired) electrons. The van der Waals surface area contributed by atoms with Crippen molar-refractivity contribution in [2.24, 2.45) is 0 Å². The summed E-state index contributed by atoms with van der Waals surface area (Å²) in [5.41, 5.74) is 1.69. The first-order valence-corrected chi connectivity index (χ1v) is 4.80. The molecule has 0 N–H and O–H groups in total. The van der Waals surface area contributed by atoms with Crippen LogP contribution in [0.4, 0.5) is 0 Å². The third kappa shape index (κ3) is 1.49. The first-order valence-electron chi connectivity index (χ1n) is 4.80. The van der Waals surface area contributed by atoms with Gasteiger partial charge in [-0.2, -0.15) is 0 Å². The number of hydrogen-bond acceptors (Lipinski definition) is 1. The average Bonchev–Trinajstić information content (AvgIpc) is 2.13. The van der Waals surface area contributed by atoms with Crippen LogP contribution in [0.3, 0.4) is 0 Å². The smallest absolute Gasteiger partial charge is 0.0585 e. The lowest BCUT2D eigenvalue weighted by Gasteiger charge is -2.42. The van der Waals surface area contributed by atoms with Crippen LogP contribution in [0, 0.1) is 6.92 Å². The summed E-state index contributed by atoms with van der Waals surface area (Å²) in [6, 6.07) is 10.6. The van der Waals surface area contributed by atoms with Crippen molar-refractivity contribution in [3.63, 3.8) is 0 Å². The fourth-order valence-electron chi connectivity index (χ4n) is 1.93. The molecule has 0 amide bonds. The summed E-state index contributed by atoms with van der Waals surface area (Å²) in [7, 11) is 0. The Balaban J connectivity index is 2.22. The number of benzene rings is 1. The van der Waals surface area contributed by atoms with Crippen molar-refractivity contribution in [2.75, 3.05) is 13.2 Å². The van der Waals surface area contributed by atoms with E-state index in [4.69, 9.17) is 4.74 Å². The molecule has 2 rings (SSSR count). The van der Waals surface area contributed by atoms with E-state index in [-0.39, 0.29) is 5.41 Å². The van der Waals surface area contributed by atoms with Gasteiger partial charge in [0, 0.05) is 5.41 Å². The molecule has 1 aliphatic rings. The van der Waals surface area contributed by atoms with E-state index in [1.54, 1.807) is 0 Å². The van der Waals surface area contributed by atoms with Crippen LogP contribution in [-0.4, -0.2) is 13.2 Å². The molecule has 69 valence electrons. The fourth-order valence-corrected chi connectivity index (χ4v) is 1.93. The molecule has 1 fully saturated rings. The third-order valence-corrected chi connectivity index (χ3v) is 2.80. The molecule has 1 saturated heterocycles. The highest BCUT2D eigenvalue weighted by atomic mass is 16.5. The van der Waals surface area contributed by atoms with Gasteiger partial charge < -0.3 is 4.74 Å². The van der Waals surface area contributed by atoms with Crippen LogP contribution in [0.25, 0.3) is 0 Å². The molecule has 0 aliphatic carbocycles. The van der Waals surface area contributed by atoms with Crippen molar-refractivity contribution in [1.29, 1.82) is 0 Å². The Kier molecular flexibility index (Phi) is 2.36. The zero-order valence-electron chi connectivity index (χ0n) is 7.83. The van der Waals surface area contributed by atoms with Crippen molar-refractivity contribution < 1.29 is 4.74 Å². The predicted molar refractivity (Wildman–Crippen MR) is 53.5 cm³/mol. The second kappa shape index (κ2) is 3.51. The van der Waals surface area contributed by atoms with Crippen LogP contribution in [-0.2, 0) is 10.2 Å². The van der Waals surface area contributed by atoms with Gasteiger partial charge in [0.05, 0.1) is 13.2 Å². The normalized spacial score (nSPS) is 19.5. The van der Waals surface area contributed by atoms with Gasteiger partial charge in [0.1, 0.15) is 0 Å². The maximum absolute atomic E-state index is 5.32. The Morgan fingerprint density at radius 3 is 2.38 bits per heavy atom. The van der Waals surface area contributed by atoms with E-state index in [2.05, 4.69) is 37.3 Å². The summed E-state index contributed by atoms with van der Waals surface area (Å²) in [5.74, 6) is 0. The van der Waals surface area contributed by atoms with Crippen molar-refractivity contribution in [3.05, 3.63) is 42.8 Å². The van der Waals surface area contributed by atoms with Gasteiger partial charge in [-0.1, -0.05) is 43.7 Å². The van der Waals surface area contributed by atoms with Gasteiger partial charge in [-0.05, 0) is 12.0 Å². The molecule has 1 aromatic carbocycles. The minimum Gasteiger partial charge on any atom is -0.379 e. The van der Waals surface area contributed by atoms with Crippen LogP contribution in [0.5, 0.6) is 0 Å². The highest BCUT2D eigenvalue weighted by Crippen LogP contribution is 2.36. The zero-order valence-corrected chi connectivity index (χ0v) is 7.83. The Morgan fingerprint density at radius 2 is 1.92 bits per heavy atom. The summed E-state index contributed by atoms with van der Waals surface area (Å²) in [5, 5.41) is 0. The molecule has 1 heterocycles. The van der Waals surface area contributed by atoms with Gasteiger partial charge in [0.15, 0.2) is 0 Å². The van der Waals surface area contributed by atoms with Crippen LogP contribution >= 0.6 is 0 Å². The topological polar surface area (TPSA) is 9.23 Å². The van der Waals surface area contributed by atoms with E-state index in [1.165, 1.54) is 5.56 Å². The van der Waals surface area contributed by atoms with Gasteiger partial charge in [-0.3, -0.25) is 0 Å². The molecule has 1 aliphatic heterocycles. The lowest BCUT2D eigenvalue weighted by molar-refractivity contribution is -0.0639. The first-order chi connectivity index (χ1) is 6.37. The molecule has 13 heavy (non-hydrogen) atoms. The van der Waals surface area contributed by atoms with Crippen molar-refractivity contribution in [3.8, 4) is 0 Å². The Labute approximate surface area is 79.7 Å². The second-order valence-electron chi connectivity index (χ2n) is 3.74. The predicted octanol–water partition coefficient (Wildman–Crippen LogP) is 2.57. The zero-order chi connectivity index (χ0) is 9.15. The van der Waals surface area contributed by atoms with Crippen LogP contribution < -0.4 is 0 Å². The van der Waals surface area contributed by atoms with Gasteiger partial charge in [0.2, 0.25) is 0 Å². The lowest BCUT2D eigenvalue weighted by atomic mass is 9.75. The van der Waals surface area contributed by atoms with E-state index < -0.39 is 0 Å². The molecule has 0 saturated carbocycles. The summed E-state index contributed by atoms with van der Waals surface area (Å²) in [6.07, 6.45) is 2.12. The molecule has 0 spiro atoms. The van der Waals surface area contributed by atoms with Crippen LogP contribution in [0.2, 0.25) is 0 Å². The molecule has 0 unspecified atom stereocenters. The number of hydrogen-bond donors (Lipinski definition) is 0. The molecular formula is C12H15O. The average molecular weight is 175 g/mol. The monoisotopic (exact) mass is 175 g/mol. The largest absolute Gasteiger partial charge is 0.379 e. The lowest BCUT2D eigenvalue weighted by Crippen LogP contribution is -2.46. The maximum Gasteiger partial charge on any atom is 0.0585 e. The Hall–Kier alpha value is -0.820. The minimum atomic E-state index is 0.281. The first kappa shape index (κ1) is 8.76. The molecule has 1 heteroatoms. The fraction of sp³-hybridized carbons (Fsp3) is 0.417. The van der Waals surface area contributed by atoms with E-state index in [0.717, 1.165) is 26.1 Å². The molecule has 1 nitrogen and oxygen atoms in total. The van der Waals surface area contributed by atoms with E-state index in [0.29, 0.717) is 0 Å². The summed E-state index contributed by atoms with van der Waals surface area (Å²) < 4.78 is 5.32. The van der Waals surface area contributed by atoms with Crippen LogP contribution in [0.15, 0.2) is 30.3 Å².